The van der Waals surface area contributed by atoms with E-state index in [1.165, 1.54) is 0 Å². The van der Waals surface area contributed by atoms with Gasteiger partial charge in [0.25, 0.3) is 5.56 Å². The van der Waals surface area contributed by atoms with Crippen LogP contribution in [0.2, 0.25) is 0 Å². The predicted molar refractivity (Wildman–Crippen MR) is 99.8 cm³/mol. The van der Waals surface area contributed by atoms with E-state index < -0.39 is 0 Å². The van der Waals surface area contributed by atoms with Crippen LogP contribution in [0.4, 0.5) is 0 Å². The first kappa shape index (κ1) is 13.5. The first-order chi connectivity index (χ1) is 11.8. The van der Waals surface area contributed by atoms with Crippen LogP contribution in [0.3, 0.4) is 0 Å². The van der Waals surface area contributed by atoms with Gasteiger partial charge in [-0.05, 0) is 35.4 Å². The van der Waals surface area contributed by atoms with Gasteiger partial charge < -0.3 is 0 Å². The van der Waals surface area contributed by atoms with Crippen molar-refractivity contribution in [3.05, 3.63) is 83.2 Å². The highest BCUT2D eigenvalue weighted by Crippen LogP contribution is 2.27. The molecule has 0 bridgehead atoms. The molecule has 2 aromatic heterocycles. The zero-order valence-electron chi connectivity index (χ0n) is 12.6. The van der Waals surface area contributed by atoms with E-state index in [1.54, 1.807) is 15.7 Å². The van der Waals surface area contributed by atoms with Gasteiger partial charge in [0.1, 0.15) is 0 Å². The summed E-state index contributed by atoms with van der Waals surface area (Å²) in [5.74, 6) is 0. The number of benzene rings is 3. The largest absolute Gasteiger partial charge is 0.268 e. The highest BCUT2D eigenvalue weighted by Gasteiger charge is 2.12. The molecule has 0 spiro atoms. The van der Waals surface area contributed by atoms with Crippen LogP contribution in [0.15, 0.2) is 77.6 Å². The molecule has 4 heteroatoms. The highest BCUT2D eigenvalue weighted by molar-refractivity contribution is 7.23. The Balaban J connectivity index is 1.89. The lowest BCUT2D eigenvalue weighted by Gasteiger charge is -2.04. The molecular formula is C20H12N2OS. The number of hydrogen-bond acceptors (Lipinski definition) is 3. The van der Waals surface area contributed by atoms with Crippen LogP contribution in [-0.2, 0) is 0 Å². The Morgan fingerprint density at radius 3 is 2.50 bits per heavy atom. The van der Waals surface area contributed by atoms with Crippen molar-refractivity contribution in [2.45, 2.75) is 0 Å². The van der Waals surface area contributed by atoms with E-state index in [1.807, 2.05) is 72.8 Å². The second-order valence-corrected chi connectivity index (χ2v) is 6.71. The zero-order chi connectivity index (χ0) is 16.1. The Morgan fingerprint density at radius 1 is 0.833 bits per heavy atom. The van der Waals surface area contributed by atoms with Crippen LogP contribution in [0.1, 0.15) is 0 Å². The summed E-state index contributed by atoms with van der Waals surface area (Å²) in [6, 6.07) is 23.9. The average molecular weight is 328 g/mol. The van der Waals surface area contributed by atoms with Gasteiger partial charge in [-0.2, -0.15) is 0 Å². The summed E-state index contributed by atoms with van der Waals surface area (Å²) in [6.45, 7) is 0. The molecule has 0 unspecified atom stereocenters. The minimum atomic E-state index is -0.00905. The van der Waals surface area contributed by atoms with Crippen molar-refractivity contribution < 1.29 is 0 Å². The highest BCUT2D eigenvalue weighted by atomic mass is 32.1. The minimum absolute atomic E-state index is 0.00905. The van der Waals surface area contributed by atoms with Crippen molar-refractivity contribution in [3.63, 3.8) is 0 Å². The van der Waals surface area contributed by atoms with E-state index in [9.17, 15) is 4.79 Å². The van der Waals surface area contributed by atoms with Gasteiger partial charge >= 0.3 is 0 Å². The van der Waals surface area contributed by atoms with Crippen LogP contribution in [0.25, 0.3) is 37.2 Å². The summed E-state index contributed by atoms with van der Waals surface area (Å²) >= 11 is 1.54. The molecule has 0 atom stereocenters. The molecule has 0 aliphatic heterocycles. The summed E-state index contributed by atoms with van der Waals surface area (Å²) in [7, 11) is 0. The number of nitrogens with zero attached hydrogens (tertiary/aromatic N) is 2. The van der Waals surface area contributed by atoms with Crippen molar-refractivity contribution in [1.82, 2.24) is 9.38 Å². The van der Waals surface area contributed by atoms with Crippen LogP contribution < -0.4 is 5.56 Å². The van der Waals surface area contributed by atoms with E-state index in [0.29, 0.717) is 5.39 Å². The van der Waals surface area contributed by atoms with Gasteiger partial charge in [0.05, 0.1) is 21.1 Å². The molecule has 0 saturated heterocycles. The van der Waals surface area contributed by atoms with Gasteiger partial charge in [-0.15, -0.1) is 0 Å². The number of para-hydroxylation sites is 1. The number of rotatable bonds is 1. The third-order valence-corrected chi connectivity index (χ3v) is 5.27. The van der Waals surface area contributed by atoms with Gasteiger partial charge in [0.2, 0.25) is 0 Å². The van der Waals surface area contributed by atoms with Gasteiger partial charge in [-0.1, -0.05) is 59.9 Å². The van der Waals surface area contributed by atoms with Crippen molar-refractivity contribution >= 4 is 37.4 Å². The standard InChI is InChI=1S/C20H12N2OS/c23-19-15-12-14(13-6-2-1-3-7-13)10-11-16(15)21-20-22(19)17-8-4-5-9-18(17)24-20/h1-12H. The third-order valence-electron chi connectivity index (χ3n) is 4.25. The summed E-state index contributed by atoms with van der Waals surface area (Å²) in [4.78, 5) is 18.5. The molecule has 24 heavy (non-hydrogen) atoms. The molecule has 0 radical (unpaired) electrons. The van der Waals surface area contributed by atoms with Crippen molar-refractivity contribution in [3.8, 4) is 11.1 Å². The fourth-order valence-corrected chi connectivity index (χ4v) is 4.11. The molecule has 0 saturated carbocycles. The molecule has 114 valence electrons. The molecule has 2 heterocycles. The summed E-state index contributed by atoms with van der Waals surface area (Å²) in [5.41, 5.74) is 3.78. The van der Waals surface area contributed by atoms with Gasteiger partial charge in [-0.25, -0.2) is 4.98 Å². The quantitative estimate of drug-likeness (QED) is 0.446. The first-order valence-electron chi connectivity index (χ1n) is 7.71. The Bertz CT molecular complexity index is 1270. The van der Waals surface area contributed by atoms with Crippen LogP contribution in [0.5, 0.6) is 0 Å². The fraction of sp³-hybridized carbons (Fsp3) is 0. The van der Waals surface area contributed by atoms with Crippen LogP contribution in [0, 0.1) is 0 Å². The molecule has 0 N–H and O–H groups in total. The second-order valence-electron chi connectivity index (χ2n) is 5.70. The normalized spacial score (nSPS) is 11.5. The zero-order valence-corrected chi connectivity index (χ0v) is 13.5. The third kappa shape index (κ3) is 1.90. The maximum absolute atomic E-state index is 13.1. The smallest absolute Gasteiger partial charge is 0.266 e. The molecule has 0 fully saturated rings. The van der Waals surface area contributed by atoms with E-state index in [4.69, 9.17) is 4.98 Å². The molecule has 0 amide bonds. The SMILES string of the molecule is O=c1c2cc(-c3ccccc3)ccc2nc2sc3ccccc3n12. The molecule has 0 aliphatic carbocycles. The molecule has 5 rings (SSSR count). The van der Waals surface area contributed by atoms with E-state index in [-0.39, 0.29) is 5.56 Å². The number of aromatic nitrogens is 2. The molecule has 0 aliphatic rings. The maximum atomic E-state index is 13.1. The Kier molecular flexibility index (Phi) is 2.81. The Hall–Kier alpha value is -2.98. The Morgan fingerprint density at radius 2 is 1.62 bits per heavy atom. The van der Waals surface area contributed by atoms with Crippen molar-refractivity contribution in [1.29, 1.82) is 0 Å². The lowest BCUT2D eigenvalue weighted by molar-refractivity contribution is 1.16. The first-order valence-corrected chi connectivity index (χ1v) is 8.52. The monoisotopic (exact) mass is 328 g/mol. The molecule has 5 aromatic rings. The van der Waals surface area contributed by atoms with E-state index in [0.717, 1.165) is 31.8 Å². The fourth-order valence-electron chi connectivity index (χ4n) is 3.08. The maximum Gasteiger partial charge on any atom is 0.266 e. The van der Waals surface area contributed by atoms with E-state index in [2.05, 4.69) is 0 Å². The minimum Gasteiger partial charge on any atom is -0.268 e. The molecular weight excluding hydrogens is 316 g/mol. The number of hydrogen-bond donors (Lipinski definition) is 0. The lowest BCUT2D eigenvalue weighted by atomic mass is 10.0. The summed E-state index contributed by atoms with van der Waals surface area (Å²) in [5, 5.41) is 0.650. The lowest BCUT2D eigenvalue weighted by Crippen LogP contribution is -2.13. The van der Waals surface area contributed by atoms with Crippen molar-refractivity contribution in [2.75, 3.05) is 0 Å². The van der Waals surface area contributed by atoms with Gasteiger partial charge in [0.15, 0.2) is 4.96 Å². The second kappa shape index (κ2) is 5.01. The van der Waals surface area contributed by atoms with Gasteiger partial charge in [0, 0.05) is 0 Å². The summed E-state index contributed by atoms with van der Waals surface area (Å²) in [6.07, 6.45) is 0. The van der Waals surface area contributed by atoms with Crippen LogP contribution in [-0.4, -0.2) is 9.38 Å². The number of thiazole rings is 1. The summed E-state index contributed by atoms with van der Waals surface area (Å²) < 4.78 is 2.79. The predicted octanol–water partition coefficient (Wildman–Crippen LogP) is 4.73. The van der Waals surface area contributed by atoms with Gasteiger partial charge in [-0.3, -0.25) is 9.20 Å². The average Bonchev–Trinajstić information content (AvgIpc) is 3.01. The topological polar surface area (TPSA) is 34.4 Å². The Labute approximate surface area is 141 Å². The van der Waals surface area contributed by atoms with Crippen molar-refractivity contribution in [2.24, 2.45) is 0 Å². The molecule has 3 nitrogen and oxygen atoms in total. The molecule has 3 aromatic carbocycles. The number of fused-ring (bicyclic) bond motifs is 4. The van der Waals surface area contributed by atoms with E-state index >= 15 is 0 Å². The van der Waals surface area contributed by atoms with Crippen LogP contribution >= 0.6 is 11.3 Å².